The van der Waals surface area contributed by atoms with E-state index in [2.05, 4.69) is 10.5 Å². The van der Waals surface area contributed by atoms with Gasteiger partial charge in [-0.1, -0.05) is 32.0 Å². The molecule has 1 aliphatic heterocycles. The Morgan fingerprint density at radius 1 is 1.21 bits per heavy atom. The van der Waals surface area contributed by atoms with Crippen molar-refractivity contribution in [3.8, 4) is 0 Å². The van der Waals surface area contributed by atoms with Crippen LogP contribution < -0.4 is 5.32 Å². The maximum Gasteiger partial charge on any atom is 0.243 e. The second kappa shape index (κ2) is 8.21. The molecule has 1 aromatic carbocycles. The van der Waals surface area contributed by atoms with E-state index in [1.54, 1.807) is 6.07 Å². The minimum absolute atomic E-state index is 0.0661. The van der Waals surface area contributed by atoms with Gasteiger partial charge in [-0.2, -0.15) is 4.31 Å². The van der Waals surface area contributed by atoms with Crippen LogP contribution in [-0.4, -0.2) is 61.4 Å². The van der Waals surface area contributed by atoms with Gasteiger partial charge in [0.05, 0.1) is 17.1 Å². The predicted molar refractivity (Wildman–Crippen MR) is 105 cm³/mol. The van der Waals surface area contributed by atoms with Crippen LogP contribution in [0.1, 0.15) is 26.5 Å². The van der Waals surface area contributed by atoms with Crippen molar-refractivity contribution in [3.63, 3.8) is 0 Å². The number of rotatable bonds is 5. The van der Waals surface area contributed by atoms with Gasteiger partial charge in [-0.25, -0.2) is 12.8 Å². The summed E-state index contributed by atoms with van der Waals surface area (Å²) in [6, 6.07) is 6.66. The van der Waals surface area contributed by atoms with Crippen LogP contribution in [0.5, 0.6) is 0 Å². The number of nitrogens with zero attached hydrogens (tertiary/aromatic N) is 3. The lowest BCUT2D eigenvalue weighted by molar-refractivity contribution is -0.117. The number of aromatic nitrogens is 1. The number of benzene rings is 1. The molecule has 0 bridgehead atoms. The quantitative estimate of drug-likeness (QED) is 0.789. The number of amides is 1. The molecular formula is C19H25FN4O4S. The van der Waals surface area contributed by atoms with Gasteiger partial charge in [-0.3, -0.25) is 15.0 Å². The van der Waals surface area contributed by atoms with Crippen LogP contribution in [-0.2, 0) is 20.2 Å². The molecule has 158 valence electrons. The molecule has 0 radical (unpaired) electrons. The van der Waals surface area contributed by atoms with Crippen molar-refractivity contribution in [1.29, 1.82) is 0 Å². The van der Waals surface area contributed by atoms with Crippen molar-refractivity contribution in [2.24, 2.45) is 0 Å². The number of carbonyl (C=O) groups is 1. The van der Waals surface area contributed by atoms with Gasteiger partial charge in [0.1, 0.15) is 5.82 Å². The SMILES string of the molecule is CC(C)(C)c1cc(NC(=O)CN2CCN(S(=O)(=O)c3cccc(F)c3)CC2)on1. The van der Waals surface area contributed by atoms with Crippen molar-refractivity contribution < 1.29 is 22.1 Å². The molecule has 8 nitrogen and oxygen atoms in total. The van der Waals surface area contributed by atoms with Crippen LogP contribution in [0.2, 0.25) is 0 Å². The van der Waals surface area contributed by atoms with E-state index in [1.807, 2.05) is 25.7 Å². The smallest absolute Gasteiger partial charge is 0.243 e. The number of anilines is 1. The summed E-state index contributed by atoms with van der Waals surface area (Å²) in [5.41, 5.74) is 0.555. The Morgan fingerprint density at radius 3 is 2.48 bits per heavy atom. The summed E-state index contributed by atoms with van der Waals surface area (Å²) in [4.78, 5) is 14.1. The zero-order valence-corrected chi connectivity index (χ0v) is 17.5. The largest absolute Gasteiger partial charge is 0.338 e. The first-order chi connectivity index (χ1) is 13.6. The molecule has 1 N–H and O–H groups in total. The second-order valence-corrected chi connectivity index (χ2v) is 9.95. The molecule has 29 heavy (non-hydrogen) atoms. The molecule has 1 fully saturated rings. The van der Waals surface area contributed by atoms with E-state index < -0.39 is 15.8 Å². The number of halogens is 1. The lowest BCUT2D eigenvalue weighted by Crippen LogP contribution is -2.50. The summed E-state index contributed by atoms with van der Waals surface area (Å²) in [6.07, 6.45) is 0. The van der Waals surface area contributed by atoms with Crippen molar-refractivity contribution in [1.82, 2.24) is 14.4 Å². The Hall–Kier alpha value is -2.30. The number of piperazine rings is 1. The molecule has 0 atom stereocenters. The second-order valence-electron chi connectivity index (χ2n) is 8.01. The minimum atomic E-state index is -3.75. The molecule has 0 saturated carbocycles. The maximum atomic E-state index is 13.4. The fourth-order valence-corrected chi connectivity index (χ4v) is 4.43. The third-order valence-corrected chi connectivity index (χ3v) is 6.57. The van der Waals surface area contributed by atoms with Gasteiger partial charge in [-0.05, 0) is 18.2 Å². The molecule has 3 rings (SSSR count). The lowest BCUT2D eigenvalue weighted by atomic mass is 9.92. The predicted octanol–water partition coefficient (Wildman–Crippen LogP) is 2.06. The molecule has 10 heteroatoms. The molecule has 0 spiro atoms. The van der Waals surface area contributed by atoms with Gasteiger partial charge in [0.25, 0.3) is 0 Å². The van der Waals surface area contributed by atoms with E-state index in [4.69, 9.17) is 4.52 Å². The average Bonchev–Trinajstić information content (AvgIpc) is 3.11. The molecule has 2 heterocycles. The van der Waals surface area contributed by atoms with Crippen molar-refractivity contribution in [2.75, 3.05) is 38.0 Å². The van der Waals surface area contributed by atoms with Gasteiger partial charge in [-0.15, -0.1) is 0 Å². The molecule has 0 unspecified atom stereocenters. The topological polar surface area (TPSA) is 95.8 Å². The third kappa shape index (κ3) is 5.20. The number of sulfonamides is 1. The van der Waals surface area contributed by atoms with Crippen LogP contribution in [0.15, 0.2) is 39.8 Å². The first kappa shape index (κ1) is 21.4. The fourth-order valence-electron chi connectivity index (χ4n) is 2.97. The lowest BCUT2D eigenvalue weighted by Gasteiger charge is -2.33. The number of nitrogens with one attached hydrogen (secondary N) is 1. The number of carbonyl (C=O) groups excluding carboxylic acids is 1. The highest BCUT2D eigenvalue weighted by Gasteiger charge is 2.29. The van der Waals surface area contributed by atoms with E-state index >= 15 is 0 Å². The molecule has 1 aliphatic rings. The van der Waals surface area contributed by atoms with Crippen LogP contribution >= 0.6 is 0 Å². The van der Waals surface area contributed by atoms with Crippen LogP contribution in [0.3, 0.4) is 0 Å². The van der Waals surface area contributed by atoms with E-state index in [9.17, 15) is 17.6 Å². The van der Waals surface area contributed by atoms with Crippen molar-refractivity contribution in [3.05, 3.63) is 41.8 Å². The Kier molecular flexibility index (Phi) is 6.06. The molecule has 2 aromatic rings. The Balaban J connectivity index is 1.53. The maximum absolute atomic E-state index is 13.4. The summed E-state index contributed by atoms with van der Waals surface area (Å²) >= 11 is 0. The molecule has 0 aliphatic carbocycles. The zero-order chi connectivity index (χ0) is 21.2. The highest BCUT2D eigenvalue weighted by Crippen LogP contribution is 2.23. The van der Waals surface area contributed by atoms with Crippen molar-refractivity contribution >= 4 is 21.8 Å². The van der Waals surface area contributed by atoms with E-state index in [1.165, 1.54) is 22.5 Å². The van der Waals surface area contributed by atoms with Crippen LogP contribution in [0.25, 0.3) is 0 Å². The number of hydrogen-bond acceptors (Lipinski definition) is 6. The Bertz CT molecular complexity index is 976. The fraction of sp³-hybridized carbons (Fsp3) is 0.474. The highest BCUT2D eigenvalue weighted by atomic mass is 32.2. The standard InChI is InChI=1S/C19H25FN4O4S/c1-19(2,3)16-12-18(28-22-16)21-17(25)13-23-7-9-24(10-8-23)29(26,27)15-6-4-5-14(20)11-15/h4-6,11-12H,7-10,13H2,1-3H3,(H,21,25). The van der Waals surface area contributed by atoms with Crippen LogP contribution in [0.4, 0.5) is 10.3 Å². The van der Waals surface area contributed by atoms with Gasteiger partial charge in [0, 0.05) is 37.7 Å². The van der Waals surface area contributed by atoms with Crippen LogP contribution in [0, 0.1) is 5.82 Å². The summed E-state index contributed by atoms with van der Waals surface area (Å²) in [5.74, 6) is -0.571. The van der Waals surface area contributed by atoms with E-state index in [0.29, 0.717) is 13.1 Å². The summed E-state index contributed by atoms with van der Waals surface area (Å²) in [7, 11) is -3.75. The van der Waals surface area contributed by atoms with E-state index in [0.717, 1.165) is 11.8 Å². The van der Waals surface area contributed by atoms with Gasteiger partial charge < -0.3 is 4.52 Å². The molecular weight excluding hydrogens is 399 g/mol. The molecule has 1 saturated heterocycles. The highest BCUT2D eigenvalue weighted by molar-refractivity contribution is 7.89. The number of hydrogen-bond donors (Lipinski definition) is 1. The first-order valence-corrected chi connectivity index (χ1v) is 10.7. The molecule has 1 amide bonds. The van der Waals surface area contributed by atoms with Crippen molar-refractivity contribution in [2.45, 2.75) is 31.1 Å². The van der Waals surface area contributed by atoms with Gasteiger partial charge in [0.15, 0.2) is 0 Å². The summed E-state index contributed by atoms with van der Waals surface area (Å²) in [5, 5.41) is 6.63. The minimum Gasteiger partial charge on any atom is -0.338 e. The van der Waals surface area contributed by atoms with Gasteiger partial charge >= 0.3 is 0 Å². The first-order valence-electron chi connectivity index (χ1n) is 9.31. The zero-order valence-electron chi connectivity index (χ0n) is 16.7. The average molecular weight is 424 g/mol. The summed E-state index contributed by atoms with van der Waals surface area (Å²) < 4.78 is 45.1. The normalized spacial score (nSPS) is 16.7. The monoisotopic (exact) mass is 424 g/mol. The molecule has 1 aromatic heterocycles. The third-order valence-electron chi connectivity index (χ3n) is 4.67. The van der Waals surface area contributed by atoms with Gasteiger partial charge in [0.2, 0.25) is 21.8 Å². The summed E-state index contributed by atoms with van der Waals surface area (Å²) in [6.45, 7) is 7.33. The van der Waals surface area contributed by atoms with E-state index in [-0.39, 0.29) is 41.7 Å². The Morgan fingerprint density at radius 2 is 1.90 bits per heavy atom. The Labute approximate surface area is 169 Å².